The molecule has 0 amide bonds. The topological polar surface area (TPSA) is 55.7 Å². The van der Waals surface area contributed by atoms with E-state index in [2.05, 4.69) is 17.3 Å². The van der Waals surface area contributed by atoms with Gasteiger partial charge in [0, 0.05) is 21.1 Å². The third-order valence-corrected chi connectivity index (χ3v) is 7.40. The van der Waals surface area contributed by atoms with Gasteiger partial charge in [0.25, 0.3) is 0 Å². The first-order valence-electron chi connectivity index (χ1n) is 11.1. The van der Waals surface area contributed by atoms with Crippen LogP contribution in [0.1, 0.15) is 42.5 Å². The van der Waals surface area contributed by atoms with Crippen LogP contribution in [0.25, 0.3) is 0 Å². The predicted octanol–water partition coefficient (Wildman–Crippen LogP) is 7.25. The van der Waals surface area contributed by atoms with E-state index in [4.69, 9.17) is 4.84 Å². The standard InChI is InChI=1S/C27H25NO3S2/c29-26(21-11-3-1-4-12-21)31-28-25(19-20-9-7-8-10-20)27(30)33-24-17-15-23(16-18-24)32-22-13-5-2-6-14-22/h1-6,11-18,20H,7-10,19H2. The second-order valence-corrected chi connectivity index (χ2v) is 10.1. The monoisotopic (exact) mass is 475 g/mol. The highest BCUT2D eigenvalue weighted by Gasteiger charge is 2.23. The minimum absolute atomic E-state index is 0.175. The summed E-state index contributed by atoms with van der Waals surface area (Å²) in [6.45, 7) is 0. The fourth-order valence-electron chi connectivity index (χ4n) is 3.74. The minimum Gasteiger partial charge on any atom is -0.312 e. The van der Waals surface area contributed by atoms with Crippen molar-refractivity contribution >= 4 is 40.3 Å². The van der Waals surface area contributed by atoms with Gasteiger partial charge in [-0.1, -0.05) is 79.0 Å². The van der Waals surface area contributed by atoms with Crippen LogP contribution in [0.2, 0.25) is 0 Å². The zero-order valence-corrected chi connectivity index (χ0v) is 19.8. The molecule has 6 heteroatoms. The lowest BCUT2D eigenvalue weighted by Crippen LogP contribution is -2.16. The molecule has 0 aromatic heterocycles. The predicted molar refractivity (Wildman–Crippen MR) is 134 cm³/mol. The molecule has 1 fully saturated rings. The zero-order chi connectivity index (χ0) is 22.9. The molecular weight excluding hydrogens is 450 g/mol. The van der Waals surface area contributed by atoms with Crippen molar-refractivity contribution in [3.63, 3.8) is 0 Å². The van der Waals surface area contributed by atoms with Gasteiger partial charge in [0.2, 0.25) is 5.12 Å². The first-order chi connectivity index (χ1) is 16.2. The largest absolute Gasteiger partial charge is 0.365 e. The Labute approximate surface area is 202 Å². The summed E-state index contributed by atoms with van der Waals surface area (Å²) in [6, 6.07) is 26.8. The maximum absolute atomic E-state index is 13.1. The van der Waals surface area contributed by atoms with Gasteiger partial charge < -0.3 is 4.84 Å². The summed E-state index contributed by atoms with van der Waals surface area (Å²) in [7, 11) is 0. The van der Waals surface area contributed by atoms with Crippen molar-refractivity contribution in [3.05, 3.63) is 90.5 Å². The van der Waals surface area contributed by atoms with Crippen LogP contribution in [0.3, 0.4) is 0 Å². The molecule has 1 saturated carbocycles. The smallest absolute Gasteiger partial charge is 0.312 e. The van der Waals surface area contributed by atoms with Crippen LogP contribution in [0.4, 0.5) is 0 Å². The van der Waals surface area contributed by atoms with Crippen molar-refractivity contribution in [2.75, 3.05) is 0 Å². The van der Waals surface area contributed by atoms with Crippen molar-refractivity contribution in [1.82, 2.24) is 0 Å². The van der Waals surface area contributed by atoms with E-state index in [1.54, 1.807) is 36.0 Å². The van der Waals surface area contributed by atoms with Crippen LogP contribution in [0.15, 0.2) is 105 Å². The summed E-state index contributed by atoms with van der Waals surface area (Å²) in [4.78, 5) is 33.6. The number of carbonyl (C=O) groups excluding carboxylic acids is 2. The van der Waals surface area contributed by atoms with Crippen LogP contribution < -0.4 is 0 Å². The molecule has 0 atom stereocenters. The summed E-state index contributed by atoms with van der Waals surface area (Å²) >= 11 is 2.80. The van der Waals surface area contributed by atoms with Gasteiger partial charge in [0.1, 0.15) is 5.71 Å². The molecule has 0 bridgehead atoms. The summed E-state index contributed by atoms with van der Waals surface area (Å²) < 4.78 is 0. The van der Waals surface area contributed by atoms with Crippen molar-refractivity contribution in [3.8, 4) is 0 Å². The lowest BCUT2D eigenvalue weighted by Gasteiger charge is -2.10. The molecular formula is C27H25NO3S2. The van der Waals surface area contributed by atoms with E-state index in [1.165, 1.54) is 17.7 Å². The molecule has 0 radical (unpaired) electrons. The van der Waals surface area contributed by atoms with E-state index in [1.807, 2.05) is 48.5 Å². The lowest BCUT2D eigenvalue weighted by molar-refractivity contribution is -0.105. The second-order valence-electron chi connectivity index (χ2n) is 7.91. The third kappa shape index (κ3) is 7.07. The van der Waals surface area contributed by atoms with E-state index in [-0.39, 0.29) is 5.12 Å². The molecule has 33 heavy (non-hydrogen) atoms. The highest BCUT2D eigenvalue weighted by molar-refractivity contribution is 8.15. The number of carbonyl (C=O) groups is 2. The Morgan fingerprint density at radius 3 is 2.03 bits per heavy atom. The quantitative estimate of drug-likeness (QED) is 0.149. The van der Waals surface area contributed by atoms with Crippen molar-refractivity contribution in [1.29, 1.82) is 0 Å². The number of benzene rings is 3. The molecule has 0 saturated heterocycles. The molecule has 0 spiro atoms. The van der Waals surface area contributed by atoms with Crippen LogP contribution in [0.5, 0.6) is 0 Å². The molecule has 0 heterocycles. The average molecular weight is 476 g/mol. The molecule has 0 unspecified atom stereocenters. The van der Waals surface area contributed by atoms with Crippen molar-refractivity contribution < 1.29 is 14.4 Å². The Hall–Kier alpha value is -2.83. The average Bonchev–Trinajstić information content (AvgIpc) is 3.37. The van der Waals surface area contributed by atoms with Gasteiger partial charge >= 0.3 is 5.97 Å². The summed E-state index contributed by atoms with van der Waals surface area (Å²) in [5, 5.41) is 3.85. The maximum atomic E-state index is 13.1. The van der Waals surface area contributed by atoms with E-state index in [0.29, 0.717) is 23.6 Å². The zero-order valence-electron chi connectivity index (χ0n) is 18.2. The lowest BCUT2D eigenvalue weighted by atomic mass is 10.0. The first-order valence-corrected chi connectivity index (χ1v) is 12.7. The maximum Gasteiger partial charge on any atom is 0.365 e. The fraction of sp³-hybridized carbons (Fsp3) is 0.222. The number of nitrogens with zero attached hydrogens (tertiary/aromatic N) is 1. The highest BCUT2D eigenvalue weighted by Crippen LogP contribution is 2.32. The summed E-state index contributed by atoms with van der Waals surface area (Å²) in [6.07, 6.45) is 5.03. The molecule has 1 aliphatic rings. The van der Waals surface area contributed by atoms with E-state index in [0.717, 1.165) is 34.4 Å². The van der Waals surface area contributed by atoms with Gasteiger partial charge in [0.05, 0.1) is 5.56 Å². The Balaban J connectivity index is 1.42. The molecule has 1 aliphatic carbocycles. The van der Waals surface area contributed by atoms with Gasteiger partial charge in [-0.2, -0.15) is 0 Å². The molecule has 0 N–H and O–H groups in total. The van der Waals surface area contributed by atoms with Gasteiger partial charge in [-0.3, -0.25) is 4.79 Å². The minimum atomic E-state index is -0.556. The second kappa shape index (κ2) is 11.9. The molecule has 4 nitrogen and oxygen atoms in total. The van der Waals surface area contributed by atoms with Crippen LogP contribution in [0, 0.1) is 5.92 Å². The first kappa shape index (κ1) is 23.3. The van der Waals surface area contributed by atoms with E-state index >= 15 is 0 Å². The van der Waals surface area contributed by atoms with Crippen molar-refractivity contribution in [2.24, 2.45) is 11.1 Å². The number of hydrogen-bond donors (Lipinski definition) is 0. The third-order valence-electron chi connectivity index (χ3n) is 5.45. The van der Waals surface area contributed by atoms with Crippen LogP contribution >= 0.6 is 23.5 Å². The fourth-order valence-corrected chi connectivity index (χ4v) is 5.30. The van der Waals surface area contributed by atoms with Crippen LogP contribution in [-0.2, 0) is 9.63 Å². The number of hydrogen-bond acceptors (Lipinski definition) is 6. The Morgan fingerprint density at radius 1 is 0.788 bits per heavy atom. The van der Waals surface area contributed by atoms with E-state index < -0.39 is 5.97 Å². The summed E-state index contributed by atoms with van der Waals surface area (Å²) in [5.74, 6) is -0.145. The number of oxime groups is 1. The molecule has 168 valence electrons. The molecule has 3 aromatic rings. The van der Waals surface area contributed by atoms with Crippen LogP contribution in [-0.4, -0.2) is 16.8 Å². The van der Waals surface area contributed by atoms with Gasteiger partial charge in [-0.05, 0) is 66.2 Å². The molecule has 0 aliphatic heterocycles. The molecule has 3 aromatic carbocycles. The number of thioether (sulfide) groups is 1. The van der Waals surface area contributed by atoms with E-state index in [9.17, 15) is 9.59 Å². The Kier molecular flexibility index (Phi) is 8.39. The Morgan fingerprint density at radius 2 is 1.36 bits per heavy atom. The Bertz CT molecular complexity index is 1090. The summed E-state index contributed by atoms with van der Waals surface area (Å²) in [5.41, 5.74) is 0.729. The molecule has 4 rings (SSSR count). The highest BCUT2D eigenvalue weighted by atomic mass is 32.2. The normalized spacial score (nSPS) is 14.2. The van der Waals surface area contributed by atoms with Gasteiger partial charge in [-0.15, -0.1) is 0 Å². The SMILES string of the molecule is O=C(Sc1ccc(Sc2ccccc2)cc1)C(CC1CCCC1)=NOC(=O)c1ccccc1. The number of rotatable bonds is 8. The van der Waals surface area contributed by atoms with Crippen molar-refractivity contribution in [2.45, 2.75) is 46.8 Å². The van der Waals surface area contributed by atoms with Gasteiger partial charge in [-0.25, -0.2) is 4.79 Å². The van der Waals surface area contributed by atoms with Gasteiger partial charge in [0.15, 0.2) is 0 Å².